The summed E-state index contributed by atoms with van der Waals surface area (Å²) >= 11 is 0. The summed E-state index contributed by atoms with van der Waals surface area (Å²) in [5.74, 6) is 0. The summed E-state index contributed by atoms with van der Waals surface area (Å²) in [5, 5.41) is 7.33. The topological polar surface area (TPSA) is 18.1 Å². The molecule has 9 rings (SSSR count). The van der Waals surface area contributed by atoms with Crippen molar-refractivity contribution in [2.75, 3.05) is 0 Å². The van der Waals surface area contributed by atoms with E-state index in [1.807, 2.05) is 12.1 Å². The Bertz CT molecular complexity index is 2420. The van der Waals surface area contributed by atoms with Gasteiger partial charge in [0.2, 0.25) is 0 Å². The number of nitrogens with zero attached hydrogens (tertiary/aromatic N) is 1. The van der Waals surface area contributed by atoms with E-state index in [1.165, 1.54) is 54.8 Å². The molecule has 0 N–H and O–H groups in total. The van der Waals surface area contributed by atoms with E-state index in [4.69, 9.17) is 4.42 Å². The second kappa shape index (κ2) is 8.95. The molecule has 0 bridgehead atoms. The third-order valence-electron chi connectivity index (χ3n) is 8.61. The van der Waals surface area contributed by atoms with E-state index >= 15 is 0 Å². The molecule has 0 unspecified atom stereocenters. The zero-order valence-electron chi connectivity index (χ0n) is 22.8. The maximum atomic E-state index is 6.10. The highest BCUT2D eigenvalue weighted by atomic mass is 16.3. The van der Waals surface area contributed by atoms with Gasteiger partial charge < -0.3 is 8.98 Å². The van der Waals surface area contributed by atoms with E-state index in [2.05, 4.69) is 144 Å². The number of para-hydroxylation sites is 3. The van der Waals surface area contributed by atoms with Gasteiger partial charge in [-0.2, -0.15) is 0 Å². The molecule has 9 aromatic rings. The van der Waals surface area contributed by atoms with Crippen LogP contribution >= 0.6 is 0 Å². The fourth-order valence-corrected chi connectivity index (χ4v) is 6.71. The molecule has 0 aliphatic heterocycles. The van der Waals surface area contributed by atoms with Crippen LogP contribution in [0.4, 0.5) is 0 Å². The van der Waals surface area contributed by atoms with Crippen molar-refractivity contribution in [2.45, 2.75) is 0 Å². The van der Waals surface area contributed by atoms with Crippen LogP contribution < -0.4 is 0 Å². The fraction of sp³-hybridized carbons (Fsp3) is 0. The van der Waals surface area contributed by atoms with Crippen LogP contribution in [0.25, 0.3) is 82.5 Å². The van der Waals surface area contributed by atoms with E-state index < -0.39 is 0 Å². The third kappa shape index (κ3) is 3.39. The van der Waals surface area contributed by atoms with E-state index in [-0.39, 0.29) is 0 Å². The van der Waals surface area contributed by atoms with Crippen molar-refractivity contribution in [1.82, 2.24) is 4.57 Å². The predicted octanol–water partition coefficient (Wildman–Crippen LogP) is 11.2. The van der Waals surface area contributed by atoms with Gasteiger partial charge >= 0.3 is 0 Å². The molecule has 0 aliphatic carbocycles. The molecule has 0 saturated carbocycles. The van der Waals surface area contributed by atoms with Crippen molar-refractivity contribution in [3.8, 4) is 27.9 Å². The summed E-state index contributed by atoms with van der Waals surface area (Å²) in [6.45, 7) is 0. The van der Waals surface area contributed by atoms with Gasteiger partial charge in [0.25, 0.3) is 0 Å². The largest absolute Gasteiger partial charge is 0.456 e. The molecule has 2 heterocycles. The molecular weight excluding hydrogens is 510 g/mol. The lowest BCUT2D eigenvalue weighted by Crippen LogP contribution is -1.94. The number of rotatable bonds is 3. The van der Waals surface area contributed by atoms with E-state index in [0.717, 1.165) is 27.6 Å². The monoisotopic (exact) mass is 535 g/mol. The molecule has 0 saturated heterocycles. The van der Waals surface area contributed by atoms with Gasteiger partial charge in [0, 0.05) is 27.2 Å². The summed E-state index contributed by atoms with van der Waals surface area (Å²) in [4.78, 5) is 0. The number of hydrogen-bond donors (Lipinski definition) is 0. The lowest BCUT2D eigenvalue weighted by Gasteiger charge is -2.14. The SMILES string of the molecule is c1cc(-c2ccc(-c3ccc4oc5ccccc5c4c3)c3ccccc23)cc(-n2c3ccccc3c3ccccc32)c1. The molecular formula is C40H25NO. The Labute approximate surface area is 242 Å². The molecule has 7 aromatic carbocycles. The van der Waals surface area contributed by atoms with Crippen LogP contribution in [0.5, 0.6) is 0 Å². The Balaban J connectivity index is 1.23. The summed E-state index contributed by atoms with van der Waals surface area (Å²) in [6, 6.07) is 54.4. The van der Waals surface area contributed by atoms with Crippen molar-refractivity contribution in [2.24, 2.45) is 0 Å². The minimum Gasteiger partial charge on any atom is -0.456 e. The van der Waals surface area contributed by atoms with E-state index in [0.29, 0.717) is 0 Å². The summed E-state index contributed by atoms with van der Waals surface area (Å²) in [5.41, 5.74) is 10.3. The molecule has 0 amide bonds. The van der Waals surface area contributed by atoms with Crippen LogP contribution in [-0.2, 0) is 0 Å². The maximum absolute atomic E-state index is 6.10. The van der Waals surface area contributed by atoms with Crippen molar-refractivity contribution in [3.63, 3.8) is 0 Å². The van der Waals surface area contributed by atoms with E-state index in [1.54, 1.807) is 0 Å². The zero-order valence-corrected chi connectivity index (χ0v) is 22.8. The third-order valence-corrected chi connectivity index (χ3v) is 8.61. The van der Waals surface area contributed by atoms with Gasteiger partial charge in [0.1, 0.15) is 11.2 Å². The Kier molecular flexibility index (Phi) is 4.93. The van der Waals surface area contributed by atoms with Crippen LogP contribution in [0.3, 0.4) is 0 Å². The minimum absolute atomic E-state index is 0.919. The first kappa shape index (κ1) is 23.1. The van der Waals surface area contributed by atoms with Gasteiger partial charge in [-0.25, -0.2) is 0 Å². The molecule has 2 heteroatoms. The lowest BCUT2D eigenvalue weighted by atomic mass is 9.91. The summed E-state index contributed by atoms with van der Waals surface area (Å²) in [7, 11) is 0. The van der Waals surface area contributed by atoms with Gasteiger partial charge in [-0.3, -0.25) is 0 Å². The first-order valence-electron chi connectivity index (χ1n) is 14.4. The average molecular weight is 536 g/mol. The summed E-state index contributed by atoms with van der Waals surface area (Å²) < 4.78 is 8.49. The molecule has 2 aromatic heterocycles. The smallest absolute Gasteiger partial charge is 0.135 e. The van der Waals surface area contributed by atoms with Crippen LogP contribution in [0.2, 0.25) is 0 Å². The molecule has 2 nitrogen and oxygen atoms in total. The standard InChI is InChI=1S/C40H25NO/c1-2-13-32-30(27-20-23-40-36(25-27)35-16-5-8-19-39(35)42-40)22-21-29(31(32)12-1)26-10-9-11-28(24-26)41-37-17-6-3-14-33(37)34-15-4-7-18-38(34)41/h1-25H. The average Bonchev–Trinajstić information content (AvgIpc) is 3.60. The van der Waals surface area contributed by atoms with Gasteiger partial charge in [0.15, 0.2) is 0 Å². The Hall–Kier alpha value is -5.60. The van der Waals surface area contributed by atoms with Crippen molar-refractivity contribution >= 4 is 54.5 Å². The fourth-order valence-electron chi connectivity index (χ4n) is 6.71. The van der Waals surface area contributed by atoms with Gasteiger partial charge in [-0.1, -0.05) is 109 Å². The van der Waals surface area contributed by atoms with Crippen molar-refractivity contribution < 1.29 is 4.42 Å². The van der Waals surface area contributed by atoms with Gasteiger partial charge in [0.05, 0.1) is 11.0 Å². The Morgan fingerprint density at radius 2 is 0.905 bits per heavy atom. The van der Waals surface area contributed by atoms with Crippen LogP contribution in [-0.4, -0.2) is 4.57 Å². The van der Waals surface area contributed by atoms with Gasteiger partial charge in [-0.15, -0.1) is 0 Å². The molecule has 196 valence electrons. The molecule has 0 atom stereocenters. The maximum Gasteiger partial charge on any atom is 0.135 e. The number of furan rings is 1. The molecule has 0 radical (unpaired) electrons. The van der Waals surface area contributed by atoms with Crippen molar-refractivity contribution in [3.05, 3.63) is 152 Å². The summed E-state index contributed by atoms with van der Waals surface area (Å²) in [6.07, 6.45) is 0. The van der Waals surface area contributed by atoms with Crippen LogP contribution in [0, 0.1) is 0 Å². The second-order valence-corrected chi connectivity index (χ2v) is 10.9. The normalized spacial score (nSPS) is 11.8. The zero-order chi connectivity index (χ0) is 27.6. The highest BCUT2D eigenvalue weighted by molar-refractivity contribution is 6.11. The first-order chi connectivity index (χ1) is 20.8. The van der Waals surface area contributed by atoms with Crippen molar-refractivity contribution in [1.29, 1.82) is 0 Å². The second-order valence-electron chi connectivity index (χ2n) is 10.9. The quantitative estimate of drug-likeness (QED) is 0.220. The number of hydrogen-bond acceptors (Lipinski definition) is 1. The molecule has 42 heavy (non-hydrogen) atoms. The first-order valence-corrected chi connectivity index (χ1v) is 14.4. The predicted molar refractivity (Wildman–Crippen MR) is 176 cm³/mol. The number of fused-ring (bicyclic) bond motifs is 7. The minimum atomic E-state index is 0.919. The molecule has 0 spiro atoms. The number of aromatic nitrogens is 1. The Morgan fingerprint density at radius 1 is 0.357 bits per heavy atom. The Morgan fingerprint density at radius 3 is 1.60 bits per heavy atom. The molecule has 0 fully saturated rings. The highest BCUT2D eigenvalue weighted by Gasteiger charge is 2.15. The lowest BCUT2D eigenvalue weighted by molar-refractivity contribution is 0.669. The molecule has 0 aliphatic rings. The van der Waals surface area contributed by atoms with Crippen LogP contribution in [0.15, 0.2) is 156 Å². The van der Waals surface area contributed by atoms with Crippen LogP contribution in [0.1, 0.15) is 0 Å². The highest BCUT2D eigenvalue weighted by Crippen LogP contribution is 2.39. The van der Waals surface area contributed by atoms with Gasteiger partial charge in [-0.05, 0) is 75.5 Å². The van der Waals surface area contributed by atoms with E-state index in [9.17, 15) is 0 Å². The number of benzene rings is 7.